The Hall–Kier alpha value is 0.0188. The van der Waals surface area contributed by atoms with E-state index in [1.165, 1.54) is 25.9 Å². The number of benzene rings is 1. The van der Waals surface area contributed by atoms with Gasteiger partial charge in [0.15, 0.2) is 0 Å². The van der Waals surface area contributed by atoms with Crippen molar-refractivity contribution in [2.45, 2.75) is 18.7 Å². The van der Waals surface area contributed by atoms with E-state index in [4.69, 9.17) is 0 Å². The van der Waals surface area contributed by atoms with Gasteiger partial charge in [-0.2, -0.15) is 5.56 Å². The first kappa shape index (κ1) is 14.4. The summed E-state index contributed by atoms with van der Waals surface area (Å²) in [5.41, 5.74) is 1.20. The second-order valence-corrected chi connectivity index (χ2v) is 5.13. The van der Waals surface area contributed by atoms with Crippen LogP contribution < -0.4 is 0 Å². The molecule has 1 unspecified atom stereocenters. The Balaban J connectivity index is 0.00000120. The molecule has 0 aromatic heterocycles. The Morgan fingerprint density at radius 1 is 1.33 bits per heavy atom. The van der Waals surface area contributed by atoms with E-state index in [0.717, 1.165) is 18.0 Å². The Morgan fingerprint density at radius 2 is 2.11 bits per heavy atom. The summed E-state index contributed by atoms with van der Waals surface area (Å²) in [5.74, 6) is 1.29. The fraction of sp³-hybridized carbons (Fsp3) is 0.500. The van der Waals surface area contributed by atoms with Crippen molar-refractivity contribution in [1.82, 2.24) is 4.90 Å². The third-order valence-corrected chi connectivity index (χ3v) is 4.06. The van der Waals surface area contributed by atoms with Gasteiger partial charge in [0.1, 0.15) is 0 Å². The van der Waals surface area contributed by atoms with E-state index in [1.807, 2.05) is 31.5 Å². The van der Waals surface area contributed by atoms with Gasteiger partial charge in [-0.05, 0) is 38.4 Å². The van der Waals surface area contributed by atoms with Gasteiger partial charge in [-0.1, -0.05) is 5.82 Å². The molecule has 0 N–H and O–H groups in total. The van der Waals surface area contributed by atoms with Gasteiger partial charge < -0.3 is 10.3 Å². The third kappa shape index (κ3) is 3.12. The summed E-state index contributed by atoms with van der Waals surface area (Å²) in [6.45, 7) is 3.60. The smallest absolute Gasteiger partial charge is 0.0622 e. The summed E-state index contributed by atoms with van der Waals surface area (Å²) < 4.78 is 0. The van der Waals surface area contributed by atoms with E-state index in [1.54, 1.807) is 0 Å². The minimum atomic E-state index is 0. The molecule has 3 saturated heterocycles. The Bertz CT molecular complexity index is 402. The average molecular weight is 312 g/mol. The molecule has 18 heavy (non-hydrogen) atoms. The van der Waals surface area contributed by atoms with Crippen molar-refractivity contribution in [1.29, 1.82) is 0 Å². The Morgan fingerprint density at radius 3 is 2.67 bits per heavy atom. The van der Waals surface area contributed by atoms with Crippen molar-refractivity contribution >= 4 is 12.9 Å². The van der Waals surface area contributed by atoms with Gasteiger partial charge in [-0.15, -0.1) is 30.3 Å². The zero-order valence-corrected chi connectivity index (χ0v) is 13.4. The Kier molecular flexibility index (Phi) is 5.17. The molecule has 3 fully saturated rings. The van der Waals surface area contributed by atoms with Crippen LogP contribution in [-0.2, 0) is 32.7 Å². The number of fused-ring (bicyclic) bond motifs is 3. The van der Waals surface area contributed by atoms with Gasteiger partial charge >= 0.3 is 0 Å². The minimum absolute atomic E-state index is 0. The number of hydrogen-bond acceptors (Lipinski definition) is 1. The number of hydrogen-bond donors (Lipinski definition) is 0. The topological polar surface area (TPSA) is 25.5 Å². The fourth-order valence-corrected chi connectivity index (χ4v) is 3.04. The molecule has 1 aromatic rings. The molecule has 2 bridgehead atoms. The molecule has 3 aliphatic heterocycles. The van der Waals surface area contributed by atoms with Crippen LogP contribution in [-0.4, -0.2) is 37.4 Å². The molecule has 3 heterocycles. The first-order chi connectivity index (χ1) is 8.33. The van der Waals surface area contributed by atoms with E-state index in [2.05, 4.69) is 11.0 Å². The molecule has 0 spiro atoms. The van der Waals surface area contributed by atoms with E-state index >= 15 is 0 Å². The SMILES string of the molecule is [N-]=C([B]C1CN2CCC1CC2)c1[c-]cccc1.[Y]. The van der Waals surface area contributed by atoms with Crippen molar-refractivity contribution in [3.63, 3.8) is 0 Å². The summed E-state index contributed by atoms with van der Waals surface area (Å²) in [6, 6.07) is 10.7. The predicted molar refractivity (Wildman–Crippen MR) is 71.4 cm³/mol. The summed E-state index contributed by atoms with van der Waals surface area (Å²) in [4.78, 5) is 2.50. The number of piperidine rings is 3. The van der Waals surface area contributed by atoms with Crippen molar-refractivity contribution < 1.29 is 32.7 Å². The van der Waals surface area contributed by atoms with Crippen LogP contribution in [0.5, 0.6) is 0 Å². The molecule has 2 radical (unpaired) electrons. The van der Waals surface area contributed by atoms with Crippen molar-refractivity contribution in [3.8, 4) is 0 Å². The van der Waals surface area contributed by atoms with E-state index in [9.17, 15) is 5.41 Å². The molecular formula is C14H16BN2Y-2. The molecule has 4 heteroatoms. The molecule has 3 aliphatic rings. The largest absolute Gasteiger partial charge is 0.865 e. The zero-order valence-electron chi connectivity index (χ0n) is 10.5. The van der Waals surface area contributed by atoms with Gasteiger partial charge in [0.25, 0.3) is 0 Å². The maximum Gasteiger partial charge on any atom is 0.0622 e. The minimum Gasteiger partial charge on any atom is -0.865 e. The van der Waals surface area contributed by atoms with Crippen molar-refractivity contribution in [2.24, 2.45) is 5.92 Å². The van der Waals surface area contributed by atoms with Crippen LogP contribution in [0.15, 0.2) is 24.3 Å². The summed E-state index contributed by atoms with van der Waals surface area (Å²) in [6.07, 6.45) is 2.57. The first-order valence-corrected chi connectivity index (χ1v) is 6.43. The summed E-state index contributed by atoms with van der Waals surface area (Å²) in [5, 5.41) is 10.1. The predicted octanol–water partition coefficient (Wildman–Crippen LogP) is 2.02. The molecule has 2 nitrogen and oxygen atoms in total. The van der Waals surface area contributed by atoms with Crippen LogP contribution in [0, 0.1) is 12.0 Å². The number of nitrogens with zero attached hydrogens (tertiary/aromatic N) is 2. The van der Waals surface area contributed by atoms with Crippen LogP contribution >= 0.6 is 0 Å². The average Bonchev–Trinajstić information content (AvgIpc) is 2.41. The fourth-order valence-electron chi connectivity index (χ4n) is 3.04. The quantitative estimate of drug-likeness (QED) is 0.476. The molecular weight excluding hydrogens is 296 g/mol. The van der Waals surface area contributed by atoms with Crippen LogP contribution in [0.3, 0.4) is 0 Å². The maximum atomic E-state index is 10.1. The van der Waals surface area contributed by atoms with Crippen molar-refractivity contribution in [3.05, 3.63) is 41.3 Å². The van der Waals surface area contributed by atoms with E-state index in [0.29, 0.717) is 11.4 Å². The molecule has 0 aliphatic carbocycles. The standard InChI is InChI=1S/C14H16BN2.Y/c16-14(12-4-2-1-3-5-12)15-13-10-17-8-6-11(13)7-9-17;/h1-4,11,13H,6-10H2;/q-2;. The first-order valence-electron chi connectivity index (χ1n) is 6.43. The van der Waals surface area contributed by atoms with Crippen molar-refractivity contribution in [2.75, 3.05) is 19.6 Å². The maximum absolute atomic E-state index is 10.1. The molecule has 1 atom stereocenters. The second-order valence-electron chi connectivity index (χ2n) is 5.13. The van der Waals surface area contributed by atoms with Crippen LogP contribution in [0.2, 0.25) is 5.82 Å². The third-order valence-electron chi connectivity index (χ3n) is 4.06. The van der Waals surface area contributed by atoms with E-state index in [-0.39, 0.29) is 32.7 Å². The molecule has 4 rings (SSSR count). The van der Waals surface area contributed by atoms with Gasteiger partial charge in [0.05, 0.1) is 7.28 Å². The van der Waals surface area contributed by atoms with Crippen LogP contribution in [0.4, 0.5) is 0 Å². The van der Waals surface area contributed by atoms with Gasteiger partial charge in [-0.3, -0.25) is 5.61 Å². The van der Waals surface area contributed by atoms with Gasteiger partial charge in [0.2, 0.25) is 0 Å². The Labute approximate surface area is 135 Å². The molecule has 90 valence electrons. The van der Waals surface area contributed by atoms with E-state index < -0.39 is 0 Å². The van der Waals surface area contributed by atoms with Gasteiger partial charge in [-0.25, -0.2) is 0 Å². The summed E-state index contributed by atoms with van der Waals surface area (Å²) in [7, 11) is 2.04. The monoisotopic (exact) mass is 312 g/mol. The van der Waals surface area contributed by atoms with Gasteiger partial charge in [0, 0.05) is 32.7 Å². The zero-order chi connectivity index (χ0) is 11.7. The summed E-state index contributed by atoms with van der Waals surface area (Å²) >= 11 is 0. The van der Waals surface area contributed by atoms with Crippen LogP contribution in [0.25, 0.3) is 5.41 Å². The molecule has 1 aromatic carbocycles. The molecule has 0 amide bonds. The normalized spacial score (nSPS) is 29.4. The second kappa shape index (κ2) is 6.45. The molecule has 0 saturated carbocycles. The number of rotatable bonds is 3. The van der Waals surface area contributed by atoms with Crippen LogP contribution in [0.1, 0.15) is 18.4 Å².